The maximum absolute atomic E-state index is 13.1. The van der Waals surface area contributed by atoms with E-state index in [4.69, 9.17) is 4.74 Å². The molecule has 3 unspecified atom stereocenters. The van der Waals surface area contributed by atoms with Crippen molar-refractivity contribution in [3.05, 3.63) is 60.8 Å². The van der Waals surface area contributed by atoms with Crippen molar-refractivity contribution >= 4 is 11.9 Å². The van der Waals surface area contributed by atoms with Crippen LogP contribution in [0, 0.1) is 0 Å². The highest BCUT2D eigenvalue weighted by Crippen LogP contribution is 2.17. The van der Waals surface area contributed by atoms with Crippen molar-refractivity contribution < 1.29 is 24.5 Å². The van der Waals surface area contributed by atoms with Crippen LogP contribution in [0.25, 0.3) is 0 Å². The lowest BCUT2D eigenvalue weighted by Gasteiger charge is -2.24. The summed E-state index contributed by atoms with van der Waals surface area (Å²) in [7, 11) is 0. The van der Waals surface area contributed by atoms with Crippen LogP contribution >= 0.6 is 0 Å². The number of unbranched alkanes of at least 4 members (excludes halogenated alkanes) is 22. The van der Waals surface area contributed by atoms with E-state index in [2.05, 4.69) is 80.8 Å². The van der Waals surface area contributed by atoms with Crippen LogP contribution < -0.4 is 5.32 Å². The predicted molar refractivity (Wildman–Crippen MR) is 255 cm³/mol. The smallest absolute Gasteiger partial charge is 0.306 e. The van der Waals surface area contributed by atoms with Crippen molar-refractivity contribution in [2.24, 2.45) is 0 Å². The molecule has 0 bridgehead atoms. The topological polar surface area (TPSA) is 95.9 Å². The van der Waals surface area contributed by atoms with E-state index in [0.29, 0.717) is 19.3 Å². The third-order valence-electron chi connectivity index (χ3n) is 11.1. The van der Waals surface area contributed by atoms with Crippen LogP contribution in [0.2, 0.25) is 0 Å². The van der Waals surface area contributed by atoms with Gasteiger partial charge in [0.05, 0.1) is 25.2 Å². The van der Waals surface area contributed by atoms with E-state index in [0.717, 1.165) is 70.6 Å². The van der Waals surface area contributed by atoms with E-state index in [1.165, 1.54) is 116 Å². The first-order chi connectivity index (χ1) is 29.0. The Labute approximate surface area is 365 Å². The number of carbonyl (C=O) groups is 2. The Balaban J connectivity index is 4.44. The third-order valence-corrected chi connectivity index (χ3v) is 11.1. The largest absolute Gasteiger partial charge is 0.462 e. The molecule has 0 fully saturated rings. The summed E-state index contributed by atoms with van der Waals surface area (Å²) >= 11 is 0. The van der Waals surface area contributed by atoms with Gasteiger partial charge in [-0.1, -0.05) is 229 Å². The zero-order valence-electron chi connectivity index (χ0n) is 38.9. The monoisotopic (exact) mass is 826 g/mol. The zero-order valence-corrected chi connectivity index (χ0v) is 38.9. The van der Waals surface area contributed by atoms with Crippen molar-refractivity contribution in [3.63, 3.8) is 0 Å². The third kappa shape index (κ3) is 42.1. The number of rotatable bonds is 44. The van der Waals surface area contributed by atoms with E-state index < -0.39 is 18.2 Å². The molecular weight excluding hydrogens is 731 g/mol. The van der Waals surface area contributed by atoms with Crippen molar-refractivity contribution in [1.82, 2.24) is 5.32 Å². The van der Waals surface area contributed by atoms with Gasteiger partial charge in [0.15, 0.2) is 0 Å². The molecule has 3 atom stereocenters. The van der Waals surface area contributed by atoms with E-state index in [1.54, 1.807) is 0 Å². The Hall–Kier alpha value is -2.44. The Morgan fingerprint density at radius 2 is 0.881 bits per heavy atom. The Bertz CT molecular complexity index is 1060. The molecule has 0 saturated carbocycles. The SMILES string of the molecule is CC/C=C/C/C=C/C/C=C/C/C=C/C/C=C/CCC(=O)OC(CCCCCCCCC)CC(=O)NC(CO)C(O)CCCCCCCCCCCCCCCCCCC. The van der Waals surface area contributed by atoms with Gasteiger partial charge in [-0.15, -0.1) is 0 Å². The second-order valence-corrected chi connectivity index (χ2v) is 16.8. The number of carbonyl (C=O) groups excluding carboxylic acids is 2. The number of nitrogens with one attached hydrogen (secondary N) is 1. The molecule has 1 amide bonds. The zero-order chi connectivity index (χ0) is 43.1. The van der Waals surface area contributed by atoms with E-state index in [1.807, 2.05) is 6.08 Å². The molecule has 0 aliphatic rings. The maximum Gasteiger partial charge on any atom is 0.306 e. The molecule has 0 saturated heterocycles. The van der Waals surface area contributed by atoms with Gasteiger partial charge in [-0.2, -0.15) is 0 Å². The summed E-state index contributed by atoms with van der Waals surface area (Å²) in [4.78, 5) is 25.9. The van der Waals surface area contributed by atoms with Gasteiger partial charge >= 0.3 is 5.97 Å². The lowest BCUT2D eigenvalue weighted by atomic mass is 10.0. The lowest BCUT2D eigenvalue weighted by molar-refractivity contribution is -0.150. The molecule has 6 nitrogen and oxygen atoms in total. The summed E-state index contributed by atoms with van der Waals surface area (Å²) in [5.41, 5.74) is 0. The van der Waals surface area contributed by atoms with Gasteiger partial charge < -0.3 is 20.3 Å². The van der Waals surface area contributed by atoms with Gasteiger partial charge in [0.1, 0.15) is 6.10 Å². The second kappa shape index (κ2) is 46.6. The minimum Gasteiger partial charge on any atom is -0.462 e. The van der Waals surface area contributed by atoms with E-state index >= 15 is 0 Å². The van der Waals surface area contributed by atoms with Crippen LogP contribution in [-0.2, 0) is 14.3 Å². The summed E-state index contributed by atoms with van der Waals surface area (Å²) in [6, 6.07) is -0.714. The molecule has 342 valence electrons. The number of hydrogen-bond donors (Lipinski definition) is 3. The normalized spacial score (nSPS) is 13.8. The van der Waals surface area contributed by atoms with Gasteiger partial charge in [0.2, 0.25) is 5.91 Å². The molecule has 0 radical (unpaired) electrons. The fourth-order valence-electron chi connectivity index (χ4n) is 7.36. The Kier molecular flexibility index (Phi) is 44.7. The number of aliphatic hydroxyl groups is 2. The predicted octanol–water partition coefficient (Wildman–Crippen LogP) is 14.8. The minimum atomic E-state index is -0.798. The average Bonchev–Trinajstić information content (AvgIpc) is 3.23. The summed E-state index contributed by atoms with van der Waals surface area (Å²) < 4.78 is 5.84. The van der Waals surface area contributed by atoms with Crippen LogP contribution in [0.15, 0.2) is 60.8 Å². The van der Waals surface area contributed by atoms with E-state index in [-0.39, 0.29) is 31.3 Å². The number of hydrogen-bond acceptors (Lipinski definition) is 5. The molecule has 0 heterocycles. The number of allylic oxidation sites excluding steroid dienone is 10. The highest BCUT2D eigenvalue weighted by Gasteiger charge is 2.24. The maximum atomic E-state index is 13.1. The van der Waals surface area contributed by atoms with Gasteiger partial charge in [0.25, 0.3) is 0 Å². The highest BCUT2D eigenvalue weighted by molar-refractivity contribution is 5.77. The van der Waals surface area contributed by atoms with Crippen LogP contribution in [0.1, 0.15) is 239 Å². The van der Waals surface area contributed by atoms with Gasteiger partial charge in [-0.05, 0) is 57.8 Å². The first-order valence-corrected chi connectivity index (χ1v) is 25.0. The molecule has 0 rings (SSSR count). The quantitative estimate of drug-likeness (QED) is 0.0323. The van der Waals surface area contributed by atoms with Gasteiger partial charge in [-0.25, -0.2) is 0 Å². The molecule has 59 heavy (non-hydrogen) atoms. The minimum absolute atomic E-state index is 0.0472. The number of amides is 1. The van der Waals surface area contributed by atoms with Crippen molar-refractivity contribution in [2.45, 2.75) is 257 Å². The lowest BCUT2D eigenvalue weighted by Crippen LogP contribution is -2.46. The highest BCUT2D eigenvalue weighted by atomic mass is 16.5. The Morgan fingerprint density at radius 3 is 1.29 bits per heavy atom. The molecule has 0 aliphatic carbocycles. The van der Waals surface area contributed by atoms with Gasteiger partial charge in [0, 0.05) is 6.42 Å². The molecule has 0 spiro atoms. The van der Waals surface area contributed by atoms with Crippen LogP contribution in [-0.4, -0.2) is 46.9 Å². The van der Waals surface area contributed by atoms with Crippen LogP contribution in [0.4, 0.5) is 0 Å². The van der Waals surface area contributed by atoms with Crippen molar-refractivity contribution in [1.29, 1.82) is 0 Å². The second-order valence-electron chi connectivity index (χ2n) is 16.8. The Morgan fingerprint density at radius 1 is 0.508 bits per heavy atom. The molecule has 0 aromatic rings. The standard InChI is InChI=1S/C53H95NO5/c1-4-7-10-13-16-18-20-22-24-26-27-29-31-33-36-39-42-45-51(56)50(48-55)54-52(57)47-49(44-41-38-35-15-12-9-6-3)59-53(58)46-43-40-37-34-32-30-28-25-23-21-19-17-14-11-8-5-2/h8,11,17,19,23,25,30,32,37,40,49-51,55-56H,4-7,9-10,12-16,18,20-22,24,26-29,31,33-36,38-39,41-48H2,1-3H3,(H,54,57)/b11-8+,19-17+,25-23+,32-30+,40-37+. The molecule has 0 aromatic carbocycles. The molecule has 6 heteroatoms. The fourth-order valence-corrected chi connectivity index (χ4v) is 7.36. The van der Waals surface area contributed by atoms with E-state index in [9.17, 15) is 19.8 Å². The summed E-state index contributed by atoms with van der Waals surface area (Å²) in [6.07, 6.45) is 57.3. The summed E-state index contributed by atoms with van der Waals surface area (Å²) in [5, 5.41) is 23.7. The molecule has 3 N–H and O–H groups in total. The molecular formula is C53H95NO5. The number of aliphatic hydroxyl groups excluding tert-OH is 2. The first-order valence-electron chi connectivity index (χ1n) is 25.0. The van der Waals surface area contributed by atoms with Crippen LogP contribution in [0.5, 0.6) is 0 Å². The molecule has 0 aromatic heterocycles. The summed E-state index contributed by atoms with van der Waals surface area (Å²) in [6.45, 7) is 6.32. The average molecular weight is 826 g/mol. The van der Waals surface area contributed by atoms with Gasteiger partial charge in [-0.3, -0.25) is 9.59 Å². The first kappa shape index (κ1) is 56.6. The number of esters is 1. The van der Waals surface area contributed by atoms with Crippen molar-refractivity contribution in [3.8, 4) is 0 Å². The summed E-state index contributed by atoms with van der Waals surface area (Å²) in [5.74, 6) is -0.576. The van der Waals surface area contributed by atoms with Crippen LogP contribution in [0.3, 0.4) is 0 Å². The molecule has 0 aliphatic heterocycles. The number of ether oxygens (including phenoxy) is 1. The van der Waals surface area contributed by atoms with Crippen molar-refractivity contribution in [2.75, 3.05) is 6.61 Å². The fraction of sp³-hybridized carbons (Fsp3) is 0.774.